The lowest BCUT2D eigenvalue weighted by atomic mass is 10.3. The maximum atomic E-state index is 12.2. The summed E-state index contributed by atoms with van der Waals surface area (Å²) < 4.78 is 28.4. The van der Waals surface area contributed by atoms with Crippen molar-refractivity contribution < 1.29 is 8.42 Å². The second kappa shape index (κ2) is 5.36. The van der Waals surface area contributed by atoms with Crippen LogP contribution in [0.3, 0.4) is 0 Å². The highest BCUT2D eigenvalue weighted by Crippen LogP contribution is 2.31. The smallest absolute Gasteiger partial charge is 0.271 e. The lowest BCUT2D eigenvalue weighted by Crippen LogP contribution is -2.12. The second-order valence-corrected chi connectivity index (χ2v) is 8.33. The molecule has 1 aromatic carbocycles. The average molecular weight is 414 g/mol. The first-order chi connectivity index (χ1) is 8.40. The van der Waals surface area contributed by atoms with Crippen LogP contribution in [0, 0.1) is 10.5 Å². The number of para-hydroxylation sites is 1. The van der Waals surface area contributed by atoms with Crippen LogP contribution in [0.4, 0.5) is 5.69 Å². The average Bonchev–Trinajstić information content (AvgIpc) is 2.63. The third kappa shape index (κ3) is 2.98. The van der Waals surface area contributed by atoms with Gasteiger partial charge in [-0.15, -0.1) is 11.3 Å². The largest absolute Gasteiger partial charge is 0.278 e. The highest BCUT2D eigenvalue weighted by atomic mass is 127. The lowest BCUT2D eigenvalue weighted by Gasteiger charge is -2.07. The third-order valence-corrected chi connectivity index (χ3v) is 6.55. The predicted octanol–water partition coefficient (Wildman–Crippen LogP) is 4.12. The Labute approximate surface area is 128 Å². The van der Waals surface area contributed by atoms with Gasteiger partial charge in [0.1, 0.15) is 4.21 Å². The molecule has 0 bridgehead atoms. The summed E-state index contributed by atoms with van der Waals surface area (Å²) in [5, 5.41) is 0. The Bertz CT molecular complexity index is 663. The number of sulfonamides is 1. The number of thiophene rings is 1. The zero-order valence-electron chi connectivity index (χ0n) is 9.28. The Kier molecular flexibility index (Phi) is 4.20. The first-order valence-corrected chi connectivity index (χ1v) is 8.69. The van der Waals surface area contributed by atoms with Gasteiger partial charge in [0.25, 0.3) is 10.0 Å². The Morgan fingerprint density at radius 3 is 2.56 bits per heavy atom. The van der Waals surface area contributed by atoms with E-state index in [-0.39, 0.29) is 4.21 Å². The molecule has 1 N–H and O–H groups in total. The van der Waals surface area contributed by atoms with E-state index in [1.54, 1.807) is 25.1 Å². The van der Waals surface area contributed by atoms with Crippen molar-refractivity contribution in [1.29, 1.82) is 0 Å². The van der Waals surface area contributed by atoms with Crippen LogP contribution in [0.25, 0.3) is 0 Å². The van der Waals surface area contributed by atoms with Crippen LogP contribution in [0.2, 0.25) is 4.34 Å². The van der Waals surface area contributed by atoms with Gasteiger partial charge in [-0.2, -0.15) is 0 Å². The van der Waals surface area contributed by atoms with Crippen LogP contribution >= 0.6 is 45.5 Å². The van der Waals surface area contributed by atoms with Crippen LogP contribution in [-0.2, 0) is 10.0 Å². The van der Waals surface area contributed by atoms with Gasteiger partial charge in [-0.05, 0) is 53.3 Å². The molecule has 0 radical (unpaired) electrons. The van der Waals surface area contributed by atoms with Crippen molar-refractivity contribution in [3.63, 3.8) is 0 Å². The number of aryl methyl sites for hydroxylation is 1. The summed E-state index contributed by atoms with van der Waals surface area (Å²) in [7, 11) is -3.56. The van der Waals surface area contributed by atoms with Gasteiger partial charge in [-0.3, -0.25) is 4.72 Å². The van der Waals surface area contributed by atoms with Gasteiger partial charge in [0.15, 0.2) is 0 Å². The van der Waals surface area contributed by atoms with E-state index in [1.807, 2.05) is 12.1 Å². The van der Waals surface area contributed by atoms with Crippen molar-refractivity contribution in [3.8, 4) is 0 Å². The van der Waals surface area contributed by atoms with E-state index in [0.717, 1.165) is 20.5 Å². The fourth-order valence-electron chi connectivity index (χ4n) is 1.30. The monoisotopic (exact) mass is 413 g/mol. The van der Waals surface area contributed by atoms with Crippen molar-refractivity contribution >= 4 is 61.2 Å². The topological polar surface area (TPSA) is 46.2 Å². The first-order valence-electron chi connectivity index (χ1n) is 4.93. The minimum Gasteiger partial charge on any atom is -0.278 e. The Morgan fingerprint density at radius 1 is 1.33 bits per heavy atom. The number of anilines is 1. The second-order valence-electron chi connectivity index (χ2n) is 3.61. The quantitative estimate of drug-likeness (QED) is 0.770. The summed E-state index contributed by atoms with van der Waals surface area (Å²) in [6, 6.07) is 8.77. The van der Waals surface area contributed by atoms with Crippen molar-refractivity contribution in [3.05, 3.63) is 43.8 Å². The van der Waals surface area contributed by atoms with Gasteiger partial charge >= 0.3 is 0 Å². The van der Waals surface area contributed by atoms with Gasteiger partial charge in [0, 0.05) is 3.57 Å². The van der Waals surface area contributed by atoms with E-state index < -0.39 is 10.0 Å². The number of halogens is 2. The van der Waals surface area contributed by atoms with E-state index in [2.05, 4.69) is 27.3 Å². The van der Waals surface area contributed by atoms with Crippen LogP contribution in [0.15, 0.2) is 34.5 Å². The van der Waals surface area contributed by atoms with Crippen LogP contribution in [0.1, 0.15) is 5.56 Å². The number of nitrogens with one attached hydrogen (secondary N) is 1. The van der Waals surface area contributed by atoms with Gasteiger partial charge in [0.05, 0.1) is 10.0 Å². The van der Waals surface area contributed by atoms with E-state index >= 15 is 0 Å². The molecule has 2 rings (SSSR count). The van der Waals surface area contributed by atoms with Crippen LogP contribution in [-0.4, -0.2) is 8.42 Å². The molecular weight excluding hydrogens is 405 g/mol. The number of hydrogen-bond acceptors (Lipinski definition) is 3. The normalized spacial score (nSPS) is 11.5. The van der Waals surface area contributed by atoms with E-state index in [9.17, 15) is 8.42 Å². The molecule has 0 aliphatic heterocycles. The molecular formula is C11H9ClINO2S2. The number of rotatable bonds is 3. The van der Waals surface area contributed by atoms with E-state index in [4.69, 9.17) is 11.6 Å². The lowest BCUT2D eigenvalue weighted by molar-refractivity contribution is 0.603. The molecule has 0 aliphatic carbocycles. The van der Waals surface area contributed by atoms with Gasteiger partial charge in [-0.1, -0.05) is 23.7 Å². The van der Waals surface area contributed by atoms with Crippen molar-refractivity contribution in [2.24, 2.45) is 0 Å². The summed E-state index contributed by atoms with van der Waals surface area (Å²) in [6.07, 6.45) is 0. The van der Waals surface area contributed by atoms with Gasteiger partial charge in [0.2, 0.25) is 0 Å². The van der Waals surface area contributed by atoms with Crippen LogP contribution in [0.5, 0.6) is 0 Å². The summed E-state index contributed by atoms with van der Waals surface area (Å²) >= 11 is 9.04. The summed E-state index contributed by atoms with van der Waals surface area (Å²) in [4.78, 5) is 0. The summed E-state index contributed by atoms with van der Waals surface area (Å²) in [5.41, 5.74) is 1.34. The maximum Gasteiger partial charge on any atom is 0.271 e. The molecule has 18 heavy (non-hydrogen) atoms. The van der Waals surface area contributed by atoms with Crippen LogP contribution < -0.4 is 4.72 Å². The molecule has 96 valence electrons. The molecule has 0 saturated heterocycles. The molecule has 0 amide bonds. The molecule has 0 aliphatic rings. The standard InChI is InChI=1S/C11H9ClINO2S2/c1-7-6-10(17-11(7)12)18(15,16)14-9-5-3-2-4-8(9)13/h2-6,14H,1H3. The molecule has 0 fully saturated rings. The zero-order valence-corrected chi connectivity index (χ0v) is 13.8. The van der Waals surface area contributed by atoms with Crippen molar-refractivity contribution in [2.75, 3.05) is 4.72 Å². The Balaban J connectivity index is 2.36. The minimum atomic E-state index is -3.56. The first kappa shape index (κ1) is 14.1. The molecule has 1 aromatic heterocycles. The fraction of sp³-hybridized carbons (Fsp3) is 0.0909. The zero-order chi connectivity index (χ0) is 13.3. The SMILES string of the molecule is Cc1cc(S(=O)(=O)Nc2ccccc2I)sc1Cl. The fourth-order valence-corrected chi connectivity index (χ4v) is 4.80. The van der Waals surface area contributed by atoms with Gasteiger partial charge in [-0.25, -0.2) is 8.42 Å². The minimum absolute atomic E-state index is 0.227. The Morgan fingerprint density at radius 2 is 2.00 bits per heavy atom. The Hall–Kier alpha value is -0.310. The molecule has 0 unspecified atom stereocenters. The predicted molar refractivity (Wildman–Crippen MR) is 84.0 cm³/mol. The molecule has 0 spiro atoms. The van der Waals surface area contributed by atoms with E-state index in [1.165, 1.54) is 0 Å². The summed E-state index contributed by atoms with van der Waals surface area (Å²) in [5.74, 6) is 0. The third-order valence-electron chi connectivity index (χ3n) is 2.22. The molecule has 7 heteroatoms. The molecule has 1 heterocycles. The highest BCUT2D eigenvalue weighted by Gasteiger charge is 2.19. The molecule has 2 aromatic rings. The van der Waals surface area contributed by atoms with Gasteiger partial charge < -0.3 is 0 Å². The number of benzene rings is 1. The highest BCUT2D eigenvalue weighted by molar-refractivity contribution is 14.1. The number of hydrogen-bond donors (Lipinski definition) is 1. The molecule has 0 atom stereocenters. The molecule has 0 saturated carbocycles. The molecule has 3 nitrogen and oxygen atoms in total. The summed E-state index contributed by atoms with van der Waals surface area (Å²) in [6.45, 7) is 1.78. The van der Waals surface area contributed by atoms with E-state index in [0.29, 0.717) is 10.0 Å². The van der Waals surface area contributed by atoms with Crippen molar-refractivity contribution in [1.82, 2.24) is 0 Å². The maximum absolute atomic E-state index is 12.2. The van der Waals surface area contributed by atoms with Crippen molar-refractivity contribution in [2.45, 2.75) is 11.1 Å².